The first kappa shape index (κ1) is 16.3. The Morgan fingerprint density at radius 3 is 2.62 bits per heavy atom. The molecule has 0 aliphatic heterocycles. The van der Waals surface area contributed by atoms with Crippen LogP contribution in [0.4, 0.5) is 0 Å². The quantitative estimate of drug-likeness (QED) is 0.836. The third-order valence-corrected chi connectivity index (χ3v) is 4.55. The van der Waals surface area contributed by atoms with Gasteiger partial charge in [-0.2, -0.15) is 5.10 Å². The SMILES string of the molecule is CCC(C)n1ccc(CC(NC)c2ccc(Cl)c(Cl)c2)n1. The molecule has 0 aliphatic carbocycles. The van der Waals surface area contributed by atoms with Crippen molar-refractivity contribution in [2.45, 2.75) is 38.8 Å². The molecule has 0 amide bonds. The lowest BCUT2D eigenvalue weighted by Gasteiger charge is -2.16. The largest absolute Gasteiger partial charge is 0.313 e. The molecule has 2 unspecified atom stereocenters. The van der Waals surface area contributed by atoms with Crippen LogP contribution in [0.25, 0.3) is 0 Å². The van der Waals surface area contributed by atoms with E-state index < -0.39 is 0 Å². The Morgan fingerprint density at radius 1 is 1.24 bits per heavy atom. The molecule has 1 N–H and O–H groups in total. The number of nitrogens with one attached hydrogen (secondary N) is 1. The first-order valence-electron chi connectivity index (χ1n) is 7.21. The van der Waals surface area contributed by atoms with E-state index >= 15 is 0 Å². The zero-order valence-corrected chi connectivity index (χ0v) is 14.1. The minimum absolute atomic E-state index is 0.167. The Bertz CT molecular complexity index is 595. The van der Waals surface area contributed by atoms with Crippen LogP contribution in [0.2, 0.25) is 10.0 Å². The van der Waals surface area contributed by atoms with Crippen LogP contribution >= 0.6 is 23.2 Å². The summed E-state index contributed by atoms with van der Waals surface area (Å²) in [6, 6.07) is 8.42. The molecular weight excluding hydrogens is 305 g/mol. The van der Waals surface area contributed by atoms with E-state index in [1.807, 2.05) is 36.1 Å². The van der Waals surface area contributed by atoms with Gasteiger partial charge in [-0.15, -0.1) is 0 Å². The van der Waals surface area contributed by atoms with Crippen LogP contribution in [-0.2, 0) is 6.42 Å². The fraction of sp³-hybridized carbons (Fsp3) is 0.438. The lowest BCUT2D eigenvalue weighted by molar-refractivity contribution is 0.469. The van der Waals surface area contributed by atoms with Crippen molar-refractivity contribution in [3.05, 3.63) is 51.8 Å². The maximum atomic E-state index is 6.10. The predicted molar refractivity (Wildman–Crippen MR) is 89.2 cm³/mol. The monoisotopic (exact) mass is 325 g/mol. The summed E-state index contributed by atoms with van der Waals surface area (Å²) in [5, 5.41) is 9.13. The lowest BCUT2D eigenvalue weighted by Crippen LogP contribution is -2.19. The second-order valence-electron chi connectivity index (χ2n) is 5.26. The number of benzene rings is 1. The number of likely N-dealkylation sites (N-methyl/N-ethyl adjacent to an activating group) is 1. The Kier molecular flexibility index (Phi) is 5.68. The summed E-state index contributed by atoms with van der Waals surface area (Å²) in [5.41, 5.74) is 2.19. The van der Waals surface area contributed by atoms with Gasteiger partial charge in [-0.05, 0) is 44.2 Å². The lowest BCUT2D eigenvalue weighted by atomic mass is 10.0. The summed E-state index contributed by atoms with van der Waals surface area (Å²) in [7, 11) is 1.94. The Labute approximate surface area is 136 Å². The van der Waals surface area contributed by atoms with Crippen LogP contribution < -0.4 is 5.32 Å². The van der Waals surface area contributed by atoms with Crippen LogP contribution in [0.3, 0.4) is 0 Å². The van der Waals surface area contributed by atoms with E-state index in [2.05, 4.69) is 30.3 Å². The van der Waals surface area contributed by atoms with Gasteiger partial charge in [-0.3, -0.25) is 4.68 Å². The molecule has 0 aliphatic rings. The van der Waals surface area contributed by atoms with Gasteiger partial charge in [0.1, 0.15) is 0 Å². The standard InChI is InChI=1S/C16H21Cl2N3/c1-4-11(2)21-8-7-13(20-21)10-16(19-3)12-5-6-14(17)15(18)9-12/h5-9,11,16,19H,4,10H2,1-3H3. The molecule has 21 heavy (non-hydrogen) atoms. The topological polar surface area (TPSA) is 29.9 Å². The summed E-state index contributed by atoms with van der Waals surface area (Å²) in [5.74, 6) is 0. The first-order chi connectivity index (χ1) is 10.0. The zero-order valence-electron chi connectivity index (χ0n) is 12.6. The molecule has 1 aromatic heterocycles. The van der Waals surface area contributed by atoms with Gasteiger partial charge < -0.3 is 5.32 Å². The van der Waals surface area contributed by atoms with Gasteiger partial charge in [-0.25, -0.2) is 0 Å². The molecule has 0 spiro atoms. The van der Waals surface area contributed by atoms with Gasteiger partial charge in [0.05, 0.1) is 15.7 Å². The van der Waals surface area contributed by atoms with Crippen LogP contribution in [-0.4, -0.2) is 16.8 Å². The van der Waals surface area contributed by atoms with Crippen molar-refractivity contribution in [2.75, 3.05) is 7.05 Å². The van der Waals surface area contributed by atoms with Gasteiger partial charge in [-0.1, -0.05) is 36.2 Å². The van der Waals surface area contributed by atoms with E-state index in [0.717, 1.165) is 24.1 Å². The fourth-order valence-corrected chi connectivity index (χ4v) is 2.55. The summed E-state index contributed by atoms with van der Waals surface area (Å²) >= 11 is 12.1. The van der Waals surface area contributed by atoms with Crippen molar-refractivity contribution in [3.63, 3.8) is 0 Å². The molecule has 0 saturated carbocycles. The molecule has 5 heteroatoms. The van der Waals surface area contributed by atoms with E-state index in [4.69, 9.17) is 23.2 Å². The highest BCUT2D eigenvalue weighted by molar-refractivity contribution is 6.42. The minimum atomic E-state index is 0.167. The molecule has 1 aromatic carbocycles. The molecular formula is C16H21Cl2N3. The molecule has 2 rings (SSSR count). The van der Waals surface area contributed by atoms with Crippen molar-refractivity contribution in [1.29, 1.82) is 0 Å². The zero-order chi connectivity index (χ0) is 15.4. The molecule has 0 radical (unpaired) electrons. The first-order valence-corrected chi connectivity index (χ1v) is 7.97. The van der Waals surface area contributed by atoms with E-state index in [0.29, 0.717) is 16.1 Å². The Morgan fingerprint density at radius 2 is 2.00 bits per heavy atom. The number of halogens is 2. The average molecular weight is 326 g/mol. The number of aromatic nitrogens is 2. The van der Waals surface area contributed by atoms with Gasteiger partial charge in [0.15, 0.2) is 0 Å². The molecule has 0 fully saturated rings. The molecule has 0 bridgehead atoms. The molecule has 114 valence electrons. The van der Waals surface area contributed by atoms with Gasteiger partial charge >= 0.3 is 0 Å². The fourth-order valence-electron chi connectivity index (χ4n) is 2.24. The maximum absolute atomic E-state index is 6.10. The number of hydrogen-bond acceptors (Lipinski definition) is 2. The highest BCUT2D eigenvalue weighted by Crippen LogP contribution is 2.27. The number of hydrogen-bond donors (Lipinski definition) is 1. The van der Waals surface area contributed by atoms with Crippen molar-refractivity contribution in [2.24, 2.45) is 0 Å². The van der Waals surface area contributed by atoms with Gasteiger partial charge in [0, 0.05) is 24.7 Å². The highest BCUT2D eigenvalue weighted by atomic mass is 35.5. The van der Waals surface area contributed by atoms with E-state index in [-0.39, 0.29) is 6.04 Å². The Balaban J connectivity index is 2.15. The molecule has 2 atom stereocenters. The smallest absolute Gasteiger partial charge is 0.0643 e. The second-order valence-corrected chi connectivity index (χ2v) is 6.08. The van der Waals surface area contributed by atoms with E-state index in [1.54, 1.807) is 0 Å². The van der Waals surface area contributed by atoms with Gasteiger partial charge in [0.25, 0.3) is 0 Å². The summed E-state index contributed by atoms with van der Waals surface area (Å²) in [6.45, 7) is 4.34. The van der Waals surface area contributed by atoms with E-state index in [9.17, 15) is 0 Å². The summed E-state index contributed by atoms with van der Waals surface area (Å²) in [6.07, 6.45) is 3.94. The number of rotatable bonds is 6. The normalized spacial score (nSPS) is 14.1. The van der Waals surface area contributed by atoms with Crippen molar-refractivity contribution in [3.8, 4) is 0 Å². The van der Waals surface area contributed by atoms with Crippen molar-refractivity contribution in [1.82, 2.24) is 15.1 Å². The van der Waals surface area contributed by atoms with E-state index in [1.165, 1.54) is 0 Å². The summed E-state index contributed by atoms with van der Waals surface area (Å²) < 4.78 is 2.02. The molecule has 3 nitrogen and oxygen atoms in total. The highest BCUT2D eigenvalue weighted by Gasteiger charge is 2.14. The molecule has 2 aromatic rings. The summed E-state index contributed by atoms with van der Waals surface area (Å²) in [4.78, 5) is 0. The number of nitrogens with zero attached hydrogens (tertiary/aromatic N) is 2. The van der Waals surface area contributed by atoms with Crippen LogP contribution in [0.1, 0.15) is 43.6 Å². The van der Waals surface area contributed by atoms with Crippen LogP contribution in [0, 0.1) is 0 Å². The Hall–Kier alpha value is -1.03. The molecule has 1 heterocycles. The predicted octanol–water partition coefficient (Wildman–Crippen LogP) is 4.66. The van der Waals surface area contributed by atoms with Crippen molar-refractivity contribution >= 4 is 23.2 Å². The average Bonchev–Trinajstić information content (AvgIpc) is 2.95. The van der Waals surface area contributed by atoms with Crippen molar-refractivity contribution < 1.29 is 0 Å². The van der Waals surface area contributed by atoms with Crippen LogP contribution in [0.15, 0.2) is 30.5 Å². The molecule has 0 saturated heterocycles. The third-order valence-electron chi connectivity index (χ3n) is 3.81. The maximum Gasteiger partial charge on any atom is 0.0643 e. The second kappa shape index (κ2) is 7.30. The third kappa shape index (κ3) is 4.00. The minimum Gasteiger partial charge on any atom is -0.313 e. The van der Waals surface area contributed by atoms with Crippen LogP contribution in [0.5, 0.6) is 0 Å². The van der Waals surface area contributed by atoms with Gasteiger partial charge in [0.2, 0.25) is 0 Å².